The van der Waals surface area contributed by atoms with Crippen LogP contribution in [0.1, 0.15) is 18.1 Å². The molecule has 8 nitrogen and oxygen atoms in total. The highest BCUT2D eigenvalue weighted by Crippen LogP contribution is 2.40. The molecular weight excluding hydrogens is 442 g/mol. The van der Waals surface area contributed by atoms with Crippen LogP contribution in [0.3, 0.4) is 0 Å². The summed E-state index contributed by atoms with van der Waals surface area (Å²) in [6.45, 7) is 6.39. The van der Waals surface area contributed by atoms with Crippen molar-refractivity contribution >= 4 is 29.2 Å². The molecule has 0 aliphatic rings. The zero-order chi connectivity index (χ0) is 24.8. The van der Waals surface area contributed by atoms with E-state index in [4.69, 9.17) is 15.2 Å². The molecule has 0 unspecified atom stereocenters. The summed E-state index contributed by atoms with van der Waals surface area (Å²) >= 11 is 0. The van der Waals surface area contributed by atoms with Gasteiger partial charge in [-0.2, -0.15) is 4.98 Å². The van der Waals surface area contributed by atoms with Crippen molar-refractivity contribution in [2.75, 3.05) is 23.0 Å². The lowest BCUT2D eigenvalue weighted by Crippen LogP contribution is -2.19. The minimum Gasteiger partial charge on any atom is -0.490 e. The van der Waals surface area contributed by atoms with Crippen LogP contribution in [0.5, 0.6) is 11.5 Å². The molecule has 178 valence electrons. The maximum atomic E-state index is 12.9. The SMILES string of the molecule is CCOc1cccc(-c2cccc(C)c2C)c1OC(=O)Nc1ccnc(Nc2cccc(N)c2)n1. The van der Waals surface area contributed by atoms with Crippen LogP contribution in [-0.4, -0.2) is 22.7 Å². The van der Waals surface area contributed by atoms with Gasteiger partial charge in [0.2, 0.25) is 5.95 Å². The standard InChI is InChI=1S/C27H27N5O3/c1-4-34-23-13-7-12-22(21-11-5-8-17(2)18(21)3)25(23)35-27(33)32-24-14-15-29-26(31-24)30-20-10-6-9-19(28)16-20/h5-16H,4,28H2,1-3H3,(H2,29,30,31,32,33). The largest absolute Gasteiger partial charge is 0.490 e. The smallest absolute Gasteiger partial charge is 0.418 e. The van der Waals surface area contributed by atoms with Gasteiger partial charge in [0.15, 0.2) is 11.5 Å². The van der Waals surface area contributed by atoms with Crippen molar-refractivity contribution < 1.29 is 14.3 Å². The van der Waals surface area contributed by atoms with Gasteiger partial charge in [0, 0.05) is 23.1 Å². The Morgan fingerprint density at radius 2 is 1.77 bits per heavy atom. The van der Waals surface area contributed by atoms with Crippen molar-refractivity contribution in [1.29, 1.82) is 0 Å². The number of para-hydroxylation sites is 1. The quantitative estimate of drug-likeness (QED) is 0.281. The first-order valence-electron chi connectivity index (χ1n) is 11.2. The van der Waals surface area contributed by atoms with E-state index in [1.165, 1.54) is 6.20 Å². The Morgan fingerprint density at radius 3 is 2.57 bits per heavy atom. The number of hydrogen-bond donors (Lipinski definition) is 3. The van der Waals surface area contributed by atoms with Gasteiger partial charge in [-0.15, -0.1) is 0 Å². The maximum Gasteiger partial charge on any atom is 0.418 e. The highest BCUT2D eigenvalue weighted by atomic mass is 16.6. The zero-order valence-corrected chi connectivity index (χ0v) is 19.8. The molecule has 8 heteroatoms. The van der Waals surface area contributed by atoms with Crippen molar-refractivity contribution in [3.05, 3.63) is 84.1 Å². The average Bonchev–Trinajstić information content (AvgIpc) is 2.82. The highest BCUT2D eigenvalue weighted by Gasteiger charge is 2.19. The first-order valence-corrected chi connectivity index (χ1v) is 11.2. The molecule has 0 spiro atoms. The van der Waals surface area contributed by atoms with Crippen LogP contribution in [0.4, 0.5) is 27.9 Å². The second-order valence-corrected chi connectivity index (χ2v) is 7.84. The van der Waals surface area contributed by atoms with E-state index in [9.17, 15) is 4.79 Å². The fourth-order valence-electron chi connectivity index (χ4n) is 3.60. The minimum absolute atomic E-state index is 0.276. The van der Waals surface area contributed by atoms with Crippen molar-refractivity contribution in [2.24, 2.45) is 0 Å². The van der Waals surface area contributed by atoms with Gasteiger partial charge >= 0.3 is 6.09 Å². The summed E-state index contributed by atoms with van der Waals surface area (Å²) in [6.07, 6.45) is 0.838. The van der Waals surface area contributed by atoms with Gasteiger partial charge in [-0.3, -0.25) is 5.32 Å². The van der Waals surface area contributed by atoms with E-state index in [1.807, 2.05) is 63.2 Å². The number of aryl methyl sites for hydroxylation is 1. The van der Waals surface area contributed by atoms with Gasteiger partial charge in [-0.25, -0.2) is 9.78 Å². The fraction of sp³-hybridized carbons (Fsp3) is 0.148. The molecule has 35 heavy (non-hydrogen) atoms. The predicted octanol–water partition coefficient (Wildman–Crippen LogP) is 6.10. The number of hydrogen-bond acceptors (Lipinski definition) is 7. The summed E-state index contributed by atoms with van der Waals surface area (Å²) in [4.78, 5) is 21.4. The van der Waals surface area contributed by atoms with Crippen molar-refractivity contribution in [3.63, 3.8) is 0 Å². The summed E-state index contributed by atoms with van der Waals surface area (Å²) in [5.74, 6) is 1.40. The van der Waals surface area contributed by atoms with Gasteiger partial charge in [-0.1, -0.05) is 36.4 Å². The number of carbonyl (C=O) groups excluding carboxylic acids is 1. The molecule has 0 radical (unpaired) electrons. The highest BCUT2D eigenvalue weighted by molar-refractivity contribution is 5.88. The fourth-order valence-corrected chi connectivity index (χ4v) is 3.60. The molecule has 1 aromatic heterocycles. The van der Waals surface area contributed by atoms with Crippen molar-refractivity contribution in [1.82, 2.24) is 9.97 Å². The average molecular weight is 470 g/mol. The number of aromatic nitrogens is 2. The topological polar surface area (TPSA) is 111 Å². The van der Waals surface area contributed by atoms with Crippen molar-refractivity contribution in [3.8, 4) is 22.6 Å². The van der Waals surface area contributed by atoms with Crippen LogP contribution < -0.4 is 25.8 Å². The Kier molecular flexibility index (Phi) is 7.11. The van der Waals surface area contributed by atoms with Gasteiger partial charge < -0.3 is 20.5 Å². The monoisotopic (exact) mass is 469 g/mol. The van der Waals surface area contributed by atoms with E-state index >= 15 is 0 Å². The number of benzene rings is 3. The molecule has 0 fully saturated rings. The number of amides is 1. The Hall–Kier alpha value is -4.59. The van der Waals surface area contributed by atoms with Crippen LogP contribution in [0.2, 0.25) is 0 Å². The normalized spacial score (nSPS) is 10.5. The molecule has 0 aliphatic heterocycles. The lowest BCUT2D eigenvalue weighted by Gasteiger charge is -2.17. The lowest BCUT2D eigenvalue weighted by molar-refractivity contribution is 0.212. The first-order chi connectivity index (χ1) is 16.9. The van der Waals surface area contributed by atoms with Gasteiger partial charge in [0.1, 0.15) is 5.82 Å². The second-order valence-electron chi connectivity index (χ2n) is 7.84. The maximum absolute atomic E-state index is 12.9. The number of anilines is 4. The van der Waals surface area contributed by atoms with Crippen LogP contribution in [-0.2, 0) is 0 Å². The molecule has 0 aliphatic carbocycles. The summed E-state index contributed by atoms with van der Waals surface area (Å²) < 4.78 is 11.5. The molecule has 3 aromatic carbocycles. The second kappa shape index (κ2) is 10.6. The third-order valence-electron chi connectivity index (χ3n) is 5.40. The summed E-state index contributed by atoms with van der Waals surface area (Å²) in [6, 6.07) is 20.4. The Balaban J connectivity index is 1.58. The molecule has 0 atom stereocenters. The van der Waals surface area contributed by atoms with Crippen LogP contribution in [0.15, 0.2) is 72.9 Å². The number of nitrogens with one attached hydrogen (secondary N) is 2. The van der Waals surface area contributed by atoms with E-state index < -0.39 is 6.09 Å². The Bertz CT molecular complexity index is 1360. The van der Waals surface area contributed by atoms with Gasteiger partial charge in [-0.05, 0) is 67.8 Å². The predicted molar refractivity (Wildman–Crippen MR) is 138 cm³/mol. The van der Waals surface area contributed by atoms with Crippen molar-refractivity contribution in [2.45, 2.75) is 20.8 Å². The Labute approximate surface area is 204 Å². The molecule has 0 saturated heterocycles. The molecule has 1 amide bonds. The Morgan fingerprint density at radius 1 is 1.00 bits per heavy atom. The number of carbonyl (C=O) groups is 1. The molecular formula is C27H27N5O3. The van der Waals surface area contributed by atoms with Crippen LogP contribution in [0.25, 0.3) is 11.1 Å². The van der Waals surface area contributed by atoms with E-state index in [-0.39, 0.29) is 5.82 Å². The molecule has 0 bridgehead atoms. The number of rotatable bonds is 7. The molecule has 0 saturated carbocycles. The molecule has 4 N–H and O–H groups in total. The van der Waals surface area contributed by atoms with E-state index in [2.05, 4.69) is 20.6 Å². The number of nitrogens with two attached hydrogens (primary N) is 1. The van der Waals surface area contributed by atoms with E-state index in [0.29, 0.717) is 29.7 Å². The van der Waals surface area contributed by atoms with E-state index in [1.54, 1.807) is 24.3 Å². The number of nitrogen functional groups attached to an aromatic ring is 1. The van der Waals surface area contributed by atoms with Gasteiger partial charge in [0.25, 0.3) is 0 Å². The molecule has 4 rings (SSSR count). The van der Waals surface area contributed by atoms with Gasteiger partial charge in [0.05, 0.1) is 6.61 Å². The molecule has 1 heterocycles. The summed E-state index contributed by atoms with van der Waals surface area (Å²) in [5, 5.41) is 5.73. The van der Waals surface area contributed by atoms with Crippen LogP contribution >= 0.6 is 0 Å². The zero-order valence-electron chi connectivity index (χ0n) is 19.8. The van der Waals surface area contributed by atoms with Crippen LogP contribution in [0, 0.1) is 13.8 Å². The first kappa shape index (κ1) is 23.6. The third-order valence-corrected chi connectivity index (χ3v) is 5.40. The summed E-state index contributed by atoms with van der Waals surface area (Å²) in [5.41, 5.74) is 11.1. The summed E-state index contributed by atoms with van der Waals surface area (Å²) in [7, 11) is 0. The van der Waals surface area contributed by atoms with E-state index in [0.717, 1.165) is 27.9 Å². The minimum atomic E-state index is -0.697. The lowest BCUT2D eigenvalue weighted by atomic mass is 9.96. The molecule has 4 aromatic rings. The third kappa shape index (κ3) is 5.67. The number of nitrogens with zero attached hydrogens (tertiary/aromatic N) is 2. The number of ether oxygens (including phenoxy) is 2.